The van der Waals surface area contributed by atoms with Gasteiger partial charge < -0.3 is 15.7 Å². The number of amides is 1. The maximum Gasteiger partial charge on any atom is 0.240 e. The molecule has 4 nitrogen and oxygen atoms in total. The van der Waals surface area contributed by atoms with E-state index in [9.17, 15) is 9.90 Å². The standard InChI is InChI=1S/C17H20N2O2/c1-17(13-20,14-8-4-2-5-9-14)19-16(21)12-18-15-10-6-3-7-11-15/h2-11,18,20H,12-13H2,1H3,(H,19,21). The first kappa shape index (κ1) is 15.1. The normalized spacial score (nSPS) is 13.2. The average molecular weight is 284 g/mol. The first-order chi connectivity index (χ1) is 10.1. The van der Waals surface area contributed by atoms with Crippen molar-refractivity contribution in [2.24, 2.45) is 0 Å². The van der Waals surface area contributed by atoms with Crippen molar-refractivity contribution < 1.29 is 9.90 Å². The highest BCUT2D eigenvalue weighted by atomic mass is 16.3. The summed E-state index contributed by atoms with van der Waals surface area (Å²) < 4.78 is 0. The smallest absolute Gasteiger partial charge is 0.240 e. The topological polar surface area (TPSA) is 61.4 Å². The van der Waals surface area contributed by atoms with Gasteiger partial charge in [-0.05, 0) is 24.6 Å². The summed E-state index contributed by atoms with van der Waals surface area (Å²) in [7, 11) is 0. The molecule has 2 aromatic carbocycles. The van der Waals surface area contributed by atoms with Crippen LogP contribution in [0.5, 0.6) is 0 Å². The van der Waals surface area contributed by atoms with Crippen LogP contribution in [0, 0.1) is 0 Å². The summed E-state index contributed by atoms with van der Waals surface area (Å²) in [5, 5.41) is 15.6. The predicted molar refractivity (Wildman–Crippen MR) is 84.0 cm³/mol. The summed E-state index contributed by atoms with van der Waals surface area (Å²) in [6.07, 6.45) is 0. The van der Waals surface area contributed by atoms with E-state index >= 15 is 0 Å². The van der Waals surface area contributed by atoms with Crippen LogP contribution in [0.15, 0.2) is 60.7 Å². The van der Waals surface area contributed by atoms with E-state index in [1.165, 1.54) is 0 Å². The summed E-state index contributed by atoms with van der Waals surface area (Å²) in [5.74, 6) is -0.167. The Balaban J connectivity index is 1.97. The molecule has 0 spiro atoms. The number of aliphatic hydroxyl groups excluding tert-OH is 1. The van der Waals surface area contributed by atoms with Gasteiger partial charge in [0.2, 0.25) is 5.91 Å². The van der Waals surface area contributed by atoms with E-state index in [0.717, 1.165) is 11.3 Å². The number of rotatable bonds is 6. The maximum atomic E-state index is 12.1. The van der Waals surface area contributed by atoms with Gasteiger partial charge in [-0.1, -0.05) is 48.5 Å². The Bertz CT molecular complexity index is 572. The fraction of sp³-hybridized carbons (Fsp3) is 0.235. The van der Waals surface area contributed by atoms with Crippen LogP contribution >= 0.6 is 0 Å². The molecule has 110 valence electrons. The van der Waals surface area contributed by atoms with E-state index in [1.807, 2.05) is 67.6 Å². The SMILES string of the molecule is CC(CO)(NC(=O)CNc1ccccc1)c1ccccc1. The lowest BCUT2D eigenvalue weighted by Gasteiger charge is -2.29. The monoisotopic (exact) mass is 284 g/mol. The van der Waals surface area contributed by atoms with Gasteiger partial charge in [-0.15, -0.1) is 0 Å². The average Bonchev–Trinajstić information content (AvgIpc) is 2.54. The zero-order valence-corrected chi connectivity index (χ0v) is 12.0. The summed E-state index contributed by atoms with van der Waals surface area (Å²) in [4.78, 5) is 12.1. The highest BCUT2D eigenvalue weighted by Gasteiger charge is 2.27. The maximum absolute atomic E-state index is 12.1. The molecule has 0 aliphatic carbocycles. The molecule has 1 unspecified atom stereocenters. The van der Waals surface area contributed by atoms with Crippen LogP contribution < -0.4 is 10.6 Å². The molecule has 1 atom stereocenters. The first-order valence-corrected chi connectivity index (χ1v) is 6.90. The molecule has 0 aromatic heterocycles. The number of anilines is 1. The predicted octanol–water partition coefficient (Wildman–Crippen LogP) is 2.12. The van der Waals surface area contributed by atoms with Gasteiger partial charge in [0.05, 0.1) is 18.7 Å². The molecule has 2 rings (SSSR count). The molecule has 21 heavy (non-hydrogen) atoms. The van der Waals surface area contributed by atoms with Gasteiger partial charge in [0.15, 0.2) is 0 Å². The second-order valence-electron chi connectivity index (χ2n) is 5.12. The van der Waals surface area contributed by atoms with Crippen LogP contribution in [-0.2, 0) is 10.3 Å². The third-order valence-corrected chi connectivity index (χ3v) is 3.37. The molecule has 2 aromatic rings. The summed E-state index contributed by atoms with van der Waals surface area (Å²) in [6, 6.07) is 19.0. The Labute approximate surface area is 124 Å². The van der Waals surface area contributed by atoms with Gasteiger partial charge >= 0.3 is 0 Å². The van der Waals surface area contributed by atoms with E-state index in [2.05, 4.69) is 10.6 Å². The third kappa shape index (κ3) is 4.07. The van der Waals surface area contributed by atoms with Gasteiger partial charge in [0, 0.05) is 5.69 Å². The minimum absolute atomic E-state index is 0.159. The van der Waals surface area contributed by atoms with E-state index in [4.69, 9.17) is 0 Å². The lowest BCUT2D eigenvalue weighted by atomic mass is 9.93. The van der Waals surface area contributed by atoms with Crippen molar-refractivity contribution in [2.45, 2.75) is 12.5 Å². The third-order valence-electron chi connectivity index (χ3n) is 3.37. The number of benzene rings is 2. The Hall–Kier alpha value is -2.33. The largest absolute Gasteiger partial charge is 0.394 e. The highest BCUT2D eigenvalue weighted by molar-refractivity contribution is 5.81. The van der Waals surface area contributed by atoms with Crippen LogP contribution in [-0.4, -0.2) is 24.2 Å². The van der Waals surface area contributed by atoms with Crippen LogP contribution in [0.2, 0.25) is 0 Å². The second-order valence-corrected chi connectivity index (χ2v) is 5.12. The number of para-hydroxylation sites is 1. The number of aliphatic hydroxyl groups is 1. The quantitative estimate of drug-likeness (QED) is 0.761. The van der Waals surface area contributed by atoms with Crippen molar-refractivity contribution >= 4 is 11.6 Å². The molecular formula is C17H20N2O2. The van der Waals surface area contributed by atoms with Crippen molar-refractivity contribution in [2.75, 3.05) is 18.5 Å². The van der Waals surface area contributed by atoms with Gasteiger partial charge in [0.1, 0.15) is 0 Å². The van der Waals surface area contributed by atoms with Crippen molar-refractivity contribution in [3.63, 3.8) is 0 Å². The van der Waals surface area contributed by atoms with E-state index in [0.29, 0.717) is 0 Å². The Kier molecular flexibility index (Phi) is 4.95. The number of hydrogen-bond donors (Lipinski definition) is 3. The Morgan fingerprint density at radius 2 is 1.62 bits per heavy atom. The molecule has 0 saturated heterocycles. The van der Waals surface area contributed by atoms with Crippen molar-refractivity contribution in [1.82, 2.24) is 5.32 Å². The Morgan fingerprint density at radius 1 is 1.05 bits per heavy atom. The molecule has 0 aliphatic heterocycles. The van der Waals surface area contributed by atoms with Crippen LogP contribution in [0.3, 0.4) is 0 Å². The number of carbonyl (C=O) groups excluding carboxylic acids is 1. The van der Waals surface area contributed by atoms with E-state index < -0.39 is 5.54 Å². The number of hydrogen-bond acceptors (Lipinski definition) is 3. The lowest BCUT2D eigenvalue weighted by Crippen LogP contribution is -2.48. The summed E-state index contributed by atoms with van der Waals surface area (Å²) in [5.41, 5.74) is 0.982. The fourth-order valence-electron chi connectivity index (χ4n) is 2.10. The zero-order chi connectivity index (χ0) is 15.1. The van der Waals surface area contributed by atoms with E-state index in [1.54, 1.807) is 0 Å². The lowest BCUT2D eigenvalue weighted by molar-refractivity contribution is -0.121. The van der Waals surface area contributed by atoms with Crippen molar-refractivity contribution in [3.05, 3.63) is 66.2 Å². The molecule has 0 fully saturated rings. The van der Waals surface area contributed by atoms with Gasteiger partial charge in [-0.2, -0.15) is 0 Å². The summed E-state index contributed by atoms with van der Waals surface area (Å²) in [6.45, 7) is 1.81. The summed E-state index contributed by atoms with van der Waals surface area (Å²) >= 11 is 0. The molecule has 0 aliphatic rings. The highest BCUT2D eigenvalue weighted by Crippen LogP contribution is 2.19. The molecule has 3 N–H and O–H groups in total. The van der Waals surface area contributed by atoms with Crippen LogP contribution in [0.1, 0.15) is 12.5 Å². The molecule has 4 heteroatoms. The molecule has 0 saturated carbocycles. The zero-order valence-electron chi connectivity index (χ0n) is 12.0. The number of nitrogens with one attached hydrogen (secondary N) is 2. The van der Waals surface area contributed by atoms with Crippen molar-refractivity contribution in [1.29, 1.82) is 0 Å². The fourth-order valence-corrected chi connectivity index (χ4v) is 2.10. The molecule has 1 amide bonds. The van der Waals surface area contributed by atoms with Gasteiger partial charge in [-0.3, -0.25) is 4.79 Å². The molecule has 0 bridgehead atoms. The van der Waals surface area contributed by atoms with Gasteiger partial charge in [0.25, 0.3) is 0 Å². The second kappa shape index (κ2) is 6.90. The Morgan fingerprint density at radius 3 is 2.19 bits per heavy atom. The molecule has 0 radical (unpaired) electrons. The number of carbonyl (C=O) groups is 1. The van der Waals surface area contributed by atoms with Crippen LogP contribution in [0.4, 0.5) is 5.69 Å². The minimum atomic E-state index is -0.781. The first-order valence-electron chi connectivity index (χ1n) is 6.90. The van der Waals surface area contributed by atoms with Gasteiger partial charge in [-0.25, -0.2) is 0 Å². The van der Waals surface area contributed by atoms with Crippen molar-refractivity contribution in [3.8, 4) is 0 Å². The van der Waals surface area contributed by atoms with Crippen LogP contribution in [0.25, 0.3) is 0 Å². The minimum Gasteiger partial charge on any atom is -0.394 e. The molecular weight excluding hydrogens is 264 g/mol. The molecule has 0 heterocycles. The van der Waals surface area contributed by atoms with E-state index in [-0.39, 0.29) is 19.1 Å².